The van der Waals surface area contributed by atoms with Crippen LogP contribution in [-0.4, -0.2) is 26.2 Å². The van der Waals surface area contributed by atoms with Gasteiger partial charge < -0.3 is 19.5 Å². The third-order valence-corrected chi connectivity index (χ3v) is 3.72. The number of hydrogen-bond acceptors (Lipinski definition) is 4. The molecule has 2 atom stereocenters. The van der Waals surface area contributed by atoms with Gasteiger partial charge in [0.1, 0.15) is 5.75 Å². The van der Waals surface area contributed by atoms with Gasteiger partial charge in [-0.25, -0.2) is 0 Å². The normalized spacial score (nSPS) is 12.8. The quantitative estimate of drug-likeness (QED) is 0.846. The number of hydrogen-bond donors (Lipinski definition) is 1. The molecule has 0 aliphatic rings. The number of benzene rings is 2. The lowest BCUT2D eigenvalue weighted by Crippen LogP contribution is -2.37. The van der Waals surface area contributed by atoms with E-state index in [1.54, 1.807) is 33.3 Å². The lowest BCUT2D eigenvalue weighted by molar-refractivity contribution is -0.127. The molecule has 0 bridgehead atoms. The first kappa shape index (κ1) is 17.7. The van der Waals surface area contributed by atoms with Crippen LogP contribution < -0.4 is 19.5 Å². The summed E-state index contributed by atoms with van der Waals surface area (Å²) in [6, 6.07) is 14.7. The Morgan fingerprint density at radius 1 is 0.917 bits per heavy atom. The Kier molecular flexibility index (Phi) is 6.07. The summed E-state index contributed by atoms with van der Waals surface area (Å²) in [5.74, 6) is 1.73. The highest BCUT2D eigenvalue weighted by atomic mass is 16.5. The Bertz CT molecular complexity index is 669. The van der Waals surface area contributed by atoms with Crippen LogP contribution in [0, 0.1) is 0 Å². The SMILES string of the molecule is COc1ccc([C@@H](C)NC(=O)[C@@H](C)Oc2ccccc2OC)cc1. The maximum atomic E-state index is 12.4. The fourth-order valence-corrected chi connectivity index (χ4v) is 2.27. The smallest absolute Gasteiger partial charge is 0.261 e. The molecule has 0 aliphatic heterocycles. The maximum Gasteiger partial charge on any atom is 0.261 e. The molecule has 1 amide bonds. The van der Waals surface area contributed by atoms with Crippen LogP contribution in [0.5, 0.6) is 17.2 Å². The van der Waals surface area contributed by atoms with Crippen molar-refractivity contribution in [3.8, 4) is 17.2 Å². The zero-order chi connectivity index (χ0) is 17.5. The standard InChI is InChI=1S/C19H23NO4/c1-13(15-9-11-16(22-3)12-10-15)20-19(21)14(2)24-18-8-6-5-7-17(18)23-4/h5-14H,1-4H3,(H,20,21)/t13-,14-/m1/s1. The Morgan fingerprint density at radius 2 is 1.54 bits per heavy atom. The average Bonchev–Trinajstić information content (AvgIpc) is 2.62. The Hall–Kier alpha value is -2.69. The third kappa shape index (κ3) is 4.41. The number of nitrogens with one attached hydrogen (secondary N) is 1. The summed E-state index contributed by atoms with van der Waals surface area (Å²) in [6.45, 7) is 3.64. The molecule has 128 valence electrons. The largest absolute Gasteiger partial charge is 0.497 e. The van der Waals surface area contributed by atoms with Crippen molar-refractivity contribution in [2.75, 3.05) is 14.2 Å². The topological polar surface area (TPSA) is 56.8 Å². The lowest BCUT2D eigenvalue weighted by Gasteiger charge is -2.20. The fraction of sp³-hybridized carbons (Fsp3) is 0.316. The molecule has 5 nitrogen and oxygen atoms in total. The Morgan fingerprint density at radius 3 is 2.12 bits per heavy atom. The molecule has 0 aromatic heterocycles. The minimum atomic E-state index is -0.637. The maximum absolute atomic E-state index is 12.4. The van der Waals surface area contributed by atoms with E-state index in [-0.39, 0.29) is 11.9 Å². The van der Waals surface area contributed by atoms with Gasteiger partial charge in [0.05, 0.1) is 20.3 Å². The van der Waals surface area contributed by atoms with Gasteiger partial charge in [0.25, 0.3) is 5.91 Å². The van der Waals surface area contributed by atoms with E-state index in [4.69, 9.17) is 14.2 Å². The molecule has 1 N–H and O–H groups in total. The summed E-state index contributed by atoms with van der Waals surface area (Å²) >= 11 is 0. The van der Waals surface area contributed by atoms with Crippen LogP contribution in [0.2, 0.25) is 0 Å². The zero-order valence-corrected chi connectivity index (χ0v) is 14.4. The molecule has 24 heavy (non-hydrogen) atoms. The molecule has 0 fully saturated rings. The van der Waals surface area contributed by atoms with Gasteiger partial charge in [0.2, 0.25) is 0 Å². The van der Waals surface area contributed by atoms with E-state index in [0.717, 1.165) is 11.3 Å². The van der Waals surface area contributed by atoms with Gasteiger partial charge in [0.15, 0.2) is 17.6 Å². The van der Waals surface area contributed by atoms with Crippen LogP contribution in [0.15, 0.2) is 48.5 Å². The van der Waals surface area contributed by atoms with Crippen LogP contribution in [0.3, 0.4) is 0 Å². The van der Waals surface area contributed by atoms with Crippen molar-refractivity contribution >= 4 is 5.91 Å². The van der Waals surface area contributed by atoms with Gasteiger partial charge >= 0.3 is 0 Å². The highest BCUT2D eigenvalue weighted by Crippen LogP contribution is 2.27. The van der Waals surface area contributed by atoms with Crippen LogP contribution in [0.25, 0.3) is 0 Å². The third-order valence-electron chi connectivity index (χ3n) is 3.72. The Balaban J connectivity index is 1.97. The predicted octanol–water partition coefficient (Wildman–Crippen LogP) is 3.35. The molecule has 0 aliphatic carbocycles. The molecule has 0 heterocycles. The van der Waals surface area contributed by atoms with E-state index in [9.17, 15) is 4.79 Å². The molecular formula is C19H23NO4. The first-order chi connectivity index (χ1) is 11.5. The molecule has 2 rings (SSSR count). The minimum Gasteiger partial charge on any atom is -0.497 e. The van der Waals surface area contributed by atoms with Crippen molar-refractivity contribution in [3.05, 3.63) is 54.1 Å². The van der Waals surface area contributed by atoms with Crippen molar-refractivity contribution in [2.45, 2.75) is 26.0 Å². The van der Waals surface area contributed by atoms with Gasteiger partial charge in [-0.3, -0.25) is 4.79 Å². The monoisotopic (exact) mass is 329 g/mol. The number of rotatable bonds is 7. The predicted molar refractivity (Wildman–Crippen MR) is 92.6 cm³/mol. The van der Waals surface area contributed by atoms with E-state index < -0.39 is 6.10 Å². The van der Waals surface area contributed by atoms with Gasteiger partial charge in [-0.15, -0.1) is 0 Å². The van der Waals surface area contributed by atoms with Gasteiger partial charge in [-0.05, 0) is 43.7 Å². The highest BCUT2D eigenvalue weighted by Gasteiger charge is 2.19. The summed E-state index contributed by atoms with van der Waals surface area (Å²) in [6.07, 6.45) is -0.637. The van der Waals surface area contributed by atoms with Gasteiger partial charge in [-0.1, -0.05) is 24.3 Å². The van der Waals surface area contributed by atoms with Crippen LogP contribution in [-0.2, 0) is 4.79 Å². The number of carbonyl (C=O) groups excluding carboxylic acids is 1. The average molecular weight is 329 g/mol. The lowest BCUT2D eigenvalue weighted by atomic mass is 10.1. The highest BCUT2D eigenvalue weighted by molar-refractivity contribution is 5.81. The summed E-state index contributed by atoms with van der Waals surface area (Å²) in [5.41, 5.74) is 0.994. The van der Waals surface area contributed by atoms with Crippen molar-refractivity contribution < 1.29 is 19.0 Å². The minimum absolute atomic E-state index is 0.132. The summed E-state index contributed by atoms with van der Waals surface area (Å²) in [5, 5.41) is 2.95. The van der Waals surface area contributed by atoms with E-state index in [1.807, 2.05) is 43.3 Å². The first-order valence-electron chi connectivity index (χ1n) is 7.79. The summed E-state index contributed by atoms with van der Waals surface area (Å²) in [4.78, 5) is 12.4. The van der Waals surface area contributed by atoms with E-state index in [2.05, 4.69) is 5.32 Å². The van der Waals surface area contributed by atoms with E-state index in [0.29, 0.717) is 11.5 Å². The molecule has 2 aromatic carbocycles. The molecule has 5 heteroatoms. The molecule has 0 unspecified atom stereocenters. The Labute approximate surface area is 142 Å². The molecular weight excluding hydrogens is 306 g/mol. The number of para-hydroxylation sites is 2. The van der Waals surface area contributed by atoms with Gasteiger partial charge in [0, 0.05) is 0 Å². The molecule has 2 aromatic rings. The summed E-state index contributed by atoms with van der Waals surface area (Å²) < 4.78 is 16.1. The molecule has 0 spiro atoms. The van der Waals surface area contributed by atoms with Crippen LogP contribution in [0.4, 0.5) is 0 Å². The van der Waals surface area contributed by atoms with Crippen molar-refractivity contribution in [1.82, 2.24) is 5.32 Å². The van der Waals surface area contributed by atoms with Crippen molar-refractivity contribution in [2.24, 2.45) is 0 Å². The number of amides is 1. The van der Waals surface area contributed by atoms with Crippen LogP contribution >= 0.6 is 0 Å². The van der Waals surface area contributed by atoms with Gasteiger partial charge in [-0.2, -0.15) is 0 Å². The first-order valence-corrected chi connectivity index (χ1v) is 7.79. The van der Waals surface area contributed by atoms with E-state index in [1.165, 1.54) is 0 Å². The second-order valence-corrected chi connectivity index (χ2v) is 5.41. The van der Waals surface area contributed by atoms with Crippen molar-refractivity contribution in [3.63, 3.8) is 0 Å². The zero-order valence-electron chi connectivity index (χ0n) is 14.4. The second-order valence-electron chi connectivity index (χ2n) is 5.41. The molecule has 0 saturated carbocycles. The molecule has 0 radical (unpaired) electrons. The van der Waals surface area contributed by atoms with Crippen molar-refractivity contribution in [1.29, 1.82) is 0 Å². The number of ether oxygens (including phenoxy) is 3. The summed E-state index contributed by atoms with van der Waals surface area (Å²) in [7, 11) is 3.19. The molecule has 0 saturated heterocycles. The number of methoxy groups -OCH3 is 2. The number of carbonyl (C=O) groups is 1. The van der Waals surface area contributed by atoms with E-state index >= 15 is 0 Å². The second kappa shape index (κ2) is 8.24. The fourth-order valence-electron chi connectivity index (χ4n) is 2.27. The van der Waals surface area contributed by atoms with Crippen LogP contribution in [0.1, 0.15) is 25.5 Å².